The summed E-state index contributed by atoms with van der Waals surface area (Å²) in [5, 5.41) is 3.24. The molecule has 18 heavy (non-hydrogen) atoms. The first-order valence-corrected chi connectivity index (χ1v) is 7.03. The molecule has 2 heterocycles. The van der Waals surface area contributed by atoms with Crippen LogP contribution in [0.4, 0.5) is 5.95 Å². The van der Waals surface area contributed by atoms with Crippen molar-refractivity contribution >= 4 is 21.9 Å². The lowest BCUT2D eigenvalue weighted by Gasteiger charge is -2.35. The van der Waals surface area contributed by atoms with Gasteiger partial charge in [-0.1, -0.05) is 0 Å². The maximum Gasteiger partial charge on any atom is 0.232 e. The summed E-state index contributed by atoms with van der Waals surface area (Å²) in [6.45, 7) is 1.97. The summed E-state index contributed by atoms with van der Waals surface area (Å²) in [5.41, 5.74) is 0. The number of piperidine rings is 1. The second kappa shape index (κ2) is 6.33. The molecule has 0 radical (unpaired) electrons. The van der Waals surface area contributed by atoms with E-state index >= 15 is 0 Å². The summed E-state index contributed by atoms with van der Waals surface area (Å²) in [6, 6.07) is 0.467. The van der Waals surface area contributed by atoms with Gasteiger partial charge >= 0.3 is 0 Å². The topological polar surface area (TPSA) is 50.3 Å². The first-order chi connectivity index (χ1) is 8.76. The van der Waals surface area contributed by atoms with Crippen LogP contribution < -0.4 is 15.0 Å². The van der Waals surface area contributed by atoms with Gasteiger partial charge in [-0.2, -0.15) is 4.98 Å². The van der Waals surface area contributed by atoms with E-state index in [1.165, 1.54) is 19.3 Å². The van der Waals surface area contributed by atoms with Crippen molar-refractivity contribution in [2.75, 3.05) is 32.1 Å². The molecule has 0 saturated carbocycles. The average molecular weight is 315 g/mol. The third-order valence-corrected chi connectivity index (χ3v) is 3.76. The molecule has 0 aliphatic carbocycles. The first-order valence-electron chi connectivity index (χ1n) is 6.24. The van der Waals surface area contributed by atoms with Crippen LogP contribution in [-0.4, -0.2) is 43.3 Å². The van der Waals surface area contributed by atoms with Crippen LogP contribution in [0.1, 0.15) is 19.3 Å². The Hall–Kier alpha value is -0.880. The van der Waals surface area contributed by atoms with Crippen LogP contribution in [0.5, 0.6) is 5.88 Å². The first kappa shape index (κ1) is 13.5. The third-order valence-electron chi connectivity index (χ3n) is 3.22. The number of hydrogen-bond donors (Lipinski definition) is 1. The minimum atomic E-state index is 0.467. The van der Waals surface area contributed by atoms with E-state index in [2.05, 4.69) is 36.1 Å². The van der Waals surface area contributed by atoms with E-state index in [9.17, 15) is 0 Å². The highest BCUT2D eigenvalue weighted by molar-refractivity contribution is 9.10. The van der Waals surface area contributed by atoms with Crippen LogP contribution in [0.3, 0.4) is 0 Å². The molecule has 1 fully saturated rings. The normalized spacial score (nSPS) is 19.9. The predicted octanol–water partition coefficient (Wildman–Crippen LogP) is 1.83. The number of rotatable bonds is 4. The standard InChI is InChI=1S/C12H19BrN4O/c1-14-7-9-5-3-4-6-17(9)12-15-8-10(13)11(16-12)18-2/h8-9,14H,3-7H2,1-2H3. The number of nitrogens with zero attached hydrogens (tertiary/aromatic N) is 3. The molecule has 0 spiro atoms. The van der Waals surface area contributed by atoms with Gasteiger partial charge in [-0.05, 0) is 42.2 Å². The van der Waals surface area contributed by atoms with Crippen molar-refractivity contribution in [3.63, 3.8) is 0 Å². The maximum atomic E-state index is 5.23. The van der Waals surface area contributed by atoms with Crippen molar-refractivity contribution in [1.29, 1.82) is 0 Å². The Kier molecular flexibility index (Phi) is 4.77. The summed E-state index contributed by atoms with van der Waals surface area (Å²) in [4.78, 5) is 11.1. The smallest absolute Gasteiger partial charge is 0.232 e. The zero-order chi connectivity index (χ0) is 13.0. The molecule has 1 aromatic heterocycles. The Morgan fingerprint density at radius 1 is 1.56 bits per heavy atom. The minimum Gasteiger partial charge on any atom is -0.480 e. The van der Waals surface area contributed by atoms with E-state index in [-0.39, 0.29) is 0 Å². The summed E-state index contributed by atoms with van der Waals surface area (Å²) < 4.78 is 6.02. The number of aromatic nitrogens is 2. The molecule has 0 aromatic carbocycles. The molecule has 0 bridgehead atoms. The van der Waals surface area contributed by atoms with Crippen molar-refractivity contribution in [3.05, 3.63) is 10.7 Å². The minimum absolute atomic E-state index is 0.467. The Bertz CT molecular complexity index is 400. The highest BCUT2D eigenvalue weighted by atomic mass is 79.9. The van der Waals surface area contributed by atoms with Gasteiger partial charge in [0.05, 0.1) is 17.8 Å². The fourth-order valence-electron chi connectivity index (χ4n) is 2.34. The van der Waals surface area contributed by atoms with Crippen molar-refractivity contribution in [2.45, 2.75) is 25.3 Å². The lowest BCUT2D eigenvalue weighted by atomic mass is 10.0. The van der Waals surface area contributed by atoms with Crippen LogP contribution in [0.2, 0.25) is 0 Å². The molecule has 1 N–H and O–H groups in total. The zero-order valence-electron chi connectivity index (χ0n) is 10.8. The molecule has 5 nitrogen and oxygen atoms in total. The summed E-state index contributed by atoms with van der Waals surface area (Å²) in [7, 11) is 3.61. The molecule has 2 rings (SSSR count). The molecule has 1 aliphatic rings. The zero-order valence-corrected chi connectivity index (χ0v) is 12.4. The molecule has 1 atom stereocenters. The van der Waals surface area contributed by atoms with Crippen LogP contribution >= 0.6 is 15.9 Å². The lowest BCUT2D eigenvalue weighted by Crippen LogP contribution is -2.45. The average Bonchev–Trinajstić information content (AvgIpc) is 2.40. The van der Waals surface area contributed by atoms with Gasteiger partial charge < -0.3 is 15.0 Å². The Morgan fingerprint density at radius 2 is 2.39 bits per heavy atom. The van der Waals surface area contributed by atoms with Crippen molar-refractivity contribution < 1.29 is 4.74 Å². The van der Waals surface area contributed by atoms with Crippen molar-refractivity contribution in [2.24, 2.45) is 0 Å². The van der Waals surface area contributed by atoms with Crippen LogP contribution in [0, 0.1) is 0 Å². The molecule has 0 amide bonds. The second-order valence-corrected chi connectivity index (χ2v) is 5.28. The molecule has 1 aliphatic heterocycles. The molecule has 100 valence electrons. The Morgan fingerprint density at radius 3 is 3.11 bits per heavy atom. The van der Waals surface area contributed by atoms with E-state index in [0.29, 0.717) is 11.9 Å². The number of likely N-dealkylation sites (N-methyl/N-ethyl adjacent to an activating group) is 1. The summed E-state index contributed by atoms with van der Waals surface area (Å²) in [5.74, 6) is 1.35. The number of nitrogens with one attached hydrogen (secondary N) is 1. The van der Waals surface area contributed by atoms with E-state index in [1.54, 1.807) is 13.3 Å². The molecule has 1 saturated heterocycles. The van der Waals surface area contributed by atoms with Gasteiger partial charge in [-0.25, -0.2) is 4.98 Å². The van der Waals surface area contributed by atoms with E-state index in [4.69, 9.17) is 4.74 Å². The second-order valence-electron chi connectivity index (χ2n) is 4.43. The van der Waals surface area contributed by atoms with Gasteiger partial charge in [0, 0.05) is 19.1 Å². The van der Waals surface area contributed by atoms with Gasteiger partial charge in [0.1, 0.15) is 0 Å². The SMILES string of the molecule is CNCC1CCCCN1c1ncc(Br)c(OC)n1. The third kappa shape index (κ3) is 2.92. The fourth-order valence-corrected chi connectivity index (χ4v) is 2.69. The van der Waals surface area contributed by atoms with E-state index in [1.807, 2.05) is 7.05 Å². The predicted molar refractivity (Wildman–Crippen MR) is 75.2 cm³/mol. The number of anilines is 1. The molecule has 1 aromatic rings. The number of halogens is 1. The van der Waals surface area contributed by atoms with Gasteiger partial charge in [-0.3, -0.25) is 0 Å². The van der Waals surface area contributed by atoms with Crippen molar-refractivity contribution in [1.82, 2.24) is 15.3 Å². The number of hydrogen-bond acceptors (Lipinski definition) is 5. The fraction of sp³-hybridized carbons (Fsp3) is 0.667. The largest absolute Gasteiger partial charge is 0.480 e. The van der Waals surface area contributed by atoms with Gasteiger partial charge in [-0.15, -0.1) is 0 Å². The number of methoxy groups -OCH3 is 1. The lowest BCUT2D eigenvalue weighted by molar-refractivity contribution is 0.389. The highest BCUT2D eigenvalue weighted by Crippen LogP contribution is 2.26. The van der Waals surface area contributed by atoms with Crippen LogP contribution in [-0.2, 0) is 0 Å². The summed E-state index contributed by atoms with van der Waals surface area (Å²) in [6.07, 6.45) is 5.41. The highest BCUT2D eigenvalue weighted by Gasteiger charge is 2.24. The Balaban J connectivity index is 2.22. The molecular weight excluding hydrogens is 296 g/mol. The number of ether oxygens (including phenoxy) is 1. The molecular formula is C12H19BrN4O. The van der Waals surface area contributed by atoms with Crippen LogP contribution in [0.15, 0.2) is 10.7 Å². The van der Waals surface area contributed by atoms with Gasteiger partial charge in [0.25, 0.3) is 0 Å². The Labute approximate surface area is 116 Å². The van der Waals surface area contributed by atoms with Crippen molar-refractivity contribution in [3.8, 4) is 5.88 Å². The maximum absolute atomic E-state index is 5.23. The molecule has 1 unspecified atom stereocenters. The van der Waals surface area contributed by atoms with E-state index in [0.717, 1.165) is 23.5 Å². The quantitative estimate of drug-likeness (QED) is 0.918. The monoisotopic (exact) mass is 314 g/mol. The summed E-state index contributed by atoms with van der Waals surface area (Å²) >= 11 is 3.38. The van der Waals surface area contributed by atoms with Gasteiger partial charge in [0.2, 0.25) is 11.8 Å². The van der Waals surface area contributed by atoms with E-state index < -0.39 is 0 Å². The van der Waals surface area contributed by atoms with Crippen LogP contribution in [0.25, 0.3) is 0 Å². The van der Waals surface area contributed by atoms with Gasteiger partial charge in [0.15, 0.2) is 0 Å². The molecule has 6 heteroatoms.